The lowest BCUT2D eigenvalue weighted by Crippen LogP contribution is -2.18. The summed E-state index contributed by atoms with van der Waals surface area (Å²) in [5.74, 6) is -6.58. The van der Waals surface area contributed by atoms with Crippen LogP contribution >= 0.6 is 15.9 Å². The summed E-state index contributed by atoms with van der Waals surface area (Å²) >= 11 is 3.42. The number of alkyl halides is 1. The van der Waals surface area contributed by atoms with Crippen LogP contribution in [0.2, 0.25) is 0 Å². The van der Waals surface area contributed by atoms with Crippen LogP contribution in [0.25, 0.3) is 0 Å². The standard InChI is InChI=1S/C13H22O5.C8H17Br.C5H6O5/c1-2-3-4-5-6-7-10-18-13(17)11(14)8-9-12(15)16;1-2-3-4-5-6-7-8-9;6-3(5(9)10)1-2-4(7)8/h2-10H2,1H3,(H,15,16);2-8H2,1H3;1-2H2,(H,7,8)(H,9,10). The Morgan fingerprint density at radius 2 is 0.973 bits per heavy atom. The molecule has 10 nitrogen and oxygen atoms in total. The number of carbonyl (C=O) groups is 6. The van der Waals surface area contributed by atoms with Gasteiger partial charge in [0.15, 0.2) is 0 Å². The summed E-state index contributed by atoms with van der Waals surface area (Å²) in [4.78, 5) is 62.2. The van der Waals surface area contributed by atoms with Gasteiger partial charge >= 0.3 is 23.9 Å². The van der Waals surface area contributed by atoms with Crippen LogP contribution in [0.5, 0.6) is 0 Å². The molecule has 0 saturated carbocycles. The van der Waals surface area contributed by atoms with Gasteiger partial charge in [-0.25, -0.2) is 9.59 Å². The van der Waals surface area contributed by atoms with Crippen LogP contribution in [0.15, 0.2) is 0 Å². The molecular formula is C26H45BrO10. The molecule has 0 aromatic rings. The van der Waals surface area contributed by atoms with Crippen molar-refractivity contribution in [3.8, 4) is 0 Å². The summed E-state index contributed by atoms with van der Waals surface area (Å²) < 4.78 is 4.76. The number of hydrogen-bond acceptors (Lipinski definition) is 7. The van der Waals surface area contributed by atoms with E-state index in [1.165, 1.54) is 63.1 Å². The molecule has 0 unspecified atom stereocenters. The normalized spacial score (nSPS) is 9.70. The van der Waals surface area contributed by atoms with Crippen molar-refractivity contribution in [3.63, 3.8) is 0 Å². The van der Waals surface area contributed by atoms with Crippen LogP contribution in [-0.4, -0.2) is 62.7 Å². The van der Waals surface area contributed by atoms with Crippen molar-refractivity contribution >= 4 is 51.4 Å². The monoisotopic (exact) mass is 596 g/mol. The Bertz CT molecular complexity index is 643. The van der Waals surface area contributed by atoms with Gasteiger partial charge in [0.25, 0.3) is 0 Å². The second-order valence-corrected chi connectivity index (χ2v) is 9.09. The summed E-state index contributed by atoms with van der Waals surface area (Å²) in [7, 11) is 0. The number of ether oxygens (including phenoxy) is 1. The number of carboxylic acid groups (broad SMARTS) is 3. The molecule has 0 saturated heterocycles. The fourth-order valence-corrected chi connectivity index (χ4v) is 3.05. The number of rotatable bonds is 21. The smallest absolute Gasteiger partial charge is 0.374 e. The van der Waals surface area contributed by atoms with Crippen molar-refractivity contribution in [2.45, 2.75) is 117 Å². The minimum atomic E-state index is -1.58. The minimum absolute atomic E-state index is 0.240. The lowest BCUT2D eigenvalue weighted by Gasteiger charge is -2.03. The topological polar surface area (TPSA) is 172 Å². The Morgan fingerprint density at radius 3 is 1.38 bits per heavy atom. The van der Waals surface area contributed by atoms with Crippen LogP contribution < -0.4 is 0 Å². The molecular weight excluding hydrogens is 552 g/mol. The van der Waals surface area contributed by atoms with E-state index in [2.05, 4.69) is 29.8 Å². The van der Waals surface area contributed by atoms with Crippen molar-refractivity contribution in [1.82, 2.24) is 0 Å². The van der Waals surface area contributed by atoms with E-state index in [0.29, 0.717) is 0 Å². The highest BCUT2D eigenvalue weighted by Crippen LogP contribution is 2.06. The average molecular weight is 598 g/mol. The molecule has 0 fully saturated rings. The van der Waals surface area contributed by atoms with E-state index in [1.807, 2.05) is 0 Å². The molecule has 0 aliphatic carbocycles. The zero-order valence-electron chi connectivity index (χ0n) is 22.3. The highest BCUT2D eigenvalue weighted by molar-refractivity contribution is 9.09. The molecule has 216 valence electrons. The van der Waals surface area contributed by atoms with Gasteiger partial charge in [-0.15, -0.1) is 0 Å². The number of halogens is 1. The molecule has 11 heteroatoms. The third kappa shape index (κ3) is 35.9. The predicted molar refractivity (Wildman–Crippen MR) is 143 cm³/mol. The Balaban J connectivity index is -0.000000515. The summed E-state index contributed by atoms with van der Waals surface area (Å²) in [6.07, 6.45) is 13.3. The van der Waals surface area contributed by atoms with Crippen LogP contribution in [0.3, 0.4) is 0 Å². The first-order valence-electron chi connectivity index (χ1n) is 13.0. The largest absolute Gasteiger partial charge is 0.481 e. The number of aliphatic carboxylic acids is 3. The lowest BCUT2D eigenvalue weighted by molar-refractivity contribution is -0.154. The zero-order chi connectivity index (χ0) is 28.9. The third-order valence-electron chi connectivity index (χ3n) is 4.82. The van der Waals surface area contributed by atoms with E-state index in [4.69, 9.17) is 20.1 Å². The Labute approximate surface area is 228 Å². The van der Waals surface area contributed by atoms with Crippen LogP contribution in [0, 0.1) is 0 Å². The number of esters is 1. The zero-order valence-corrected chi connectivity index (χ0v) is 23.9. The Hall–Kier alpha value is -2.30. The summed E-state index contributed by atoms with van der Waals surface area (Å²) in [6.45, 7) is 4.64. The molecule has 0 amide bonds. The fourth-order valence-electron chi connectivity index (χ4n) is 2.65. The molecule has 37 heavy (non-hydrogen) atoms. The first kappa shape index (κ1) is 39.2. The number of carboxylic acids is 3. The van der Waals surface area contributed by atoms with E-state index in [-0.39, 0.29) is 19.4 Å². The molecule has 0 heterocycles. The van der Waals surface area contributed by atoms with Gasteiger partial charge in [-0.2, -0.15) is 0 Å². The molecule has 0 rings (SSSR count). The highest BCUT2D eigenvalue weighted by atomic mass is 79.9. The first-order chi connectivity index (χ1) is 17.5. The van der Waals surface area contributed by atoms with Gasteiger partial charge in [0.2, 0.25) is 11.6 Å². The predicted octanol–water partition coefficient (Wildman–Crippen LogP) is 5.57. The second kappa shape index (κ2) is 29.9. The van der Waals surface area contributed by atoms with E-state index < -0.39 is 48.3 Å². The number of carbonyl (C=O) groups excluding carboxylic acids is 3. The molecule has 0 aromatic carbocycles. The Kier molecular flexibility index (Phi) is 31.7. The maximum atomic E-state index is 11.1. The maximum Gasteiger partial charge on any atom is 0.374 e. The molecule has 0 spiro atoms. The van der Waals surface area contributed by atoms with E-state index >= 15 is 0 Å². The average Bonchev–Trinajstić information content (AvgIpc) is 2.85. The van der Waals surface area contributed by atoms with Crippen molar-refractivity contribution in [2.75, 3.05) is 11.9 Å². The molecule has 0 bridgehead atoms. The van der Waals surface area contributed by atoms with Crippen molar-refractivity contribution in [3.05, 3.63) is 0 Å². The fraction of sp³-hybridized carbons (Fsp3) is 0.769. The summed E-state index contributed by atoms with van der Waals surface area (Å²) in [5.41, 5.74) is 0. The van der Waals surface area contributed by atoms with E-state index in [1.54, 1.807) is 0 Å². The number of unbranched alkanes of at least 4 members (excludes halogenated alkanes) is 10. The molecule has 0 atom stereocenters. The lowest BCUT2D eigenvalue weighted by atomic mass is 10.1. The second-order valence-electron chi connectivity index (χ2n) is 8.30. The van der Waals surface area contributed by atoms with Gasteiger partial charge < -0.3 is 20.1 Å². The highest BCUT2D eigenvalue weighted by Gasteiger charge is 2.16. The maximum absolute atomic E-state index is 11.1. The molecule has 0 aromatic heterocycles. The van der Waals surface area contributed by atoms with Gasteiger partial charge in [-0.05, 0) is 12.8 Å². The quantitative estimate of drug-likeness (QED) is 0.0657. The first-order valence-corrected chi connectivity index (χ1v) is 14.1. The molecule has 0 radical (unpaired) electrons. The SMILES string of the molecule is CCCCCCCCBr.CCCCCCCCOC(=O)C(=O)CCC(=O)O.O=C(O)CCC(=O)C(=O)O. The minimum Gasteiger partial charge on any atom is -0.481 e. The number of hydrogen-bond donors (Lipinski definition) is 3. The summed E-state index contributed by atoms with van der Waals surface area (Å²) in [5, 5.41) is 25.5. The third-order valence-corrected chi connectivity index (χ3v) is 5.38. The van der Waals surface area contributed by atoms with Gasteiger partial charge in [0, 0.05) is 18.2 Å². The van der Waals surface area contributed by atoms with Gasteiger partial charge in [0.1, 0.15) is 0 Å². The van der Waals surface area contributed by atoms with Gasteiger partial charge in [-0.3, -0.25) is 19.2 Å². The van der Waals surface area contributed by atoms with Gasteiger partial charge in [-0.1, -0.05) is 94.0 Å². The van der Waals surface area contributed by atoms with Crippen LogP contribution in [-0.2, 0) is 33.5 Å². The molecule has 0 aliphatic rings. The van der Waals surface area contributed by atoms with E-state index in [9.17, 15) is 28.8 Å². The number of ketones is 2. The van der Waals surface area contributed by atoms with Crippen molar-refractivity contribution in [1.29, 1.82) is 0 Å². The Morgan fingerprint density at radius 1 is 0.568 bits per heavy atom. The van der Waals surface area contributed by atoms with Crippen LogP contribution in [0.4, 0.5) is 0 Å². The van der Waals surface area contributed by atoms with Crippen molar-refractivity contribution in [2.24, 2.45) is 0 Å². The molecule has 3 N–H and O–H groups in total. The molecule has 0 aliphatic heterocycles. The number of Topliss-reactive ketones (excluding diaryl/α,β-unsaturated/α-hetero) is 2. The summed E-state index contributed by atoms with van der Waals surface area (Å²) in [6, 6.07) is 0. The van der Waals surface area contributed by atoms with Crippen molar-refractivity contribution < 1.29 is 48.8 Å². The van der Waals surface area contributed by atoms with E-state index in [0.717, 1.165) is 19.3 Å². The van der Waals surface area contributed by atoms with Crippen LogP contribution in [0.1, 0.15) is 117 Å². The van der Waals surface area contributed by atoms with Gasteiger partial charge in [0.05, 0.1) is 19.4 Å².